The summed E-state index contributed by atoms with van der Waals surface area (Å²) in [7, 11) is 0. The Morgan fingerprint density at radius 1 is 1.11 bits per heavy atom. The second-order valence-electron chi connectivity index (χ2n) is 3.65. The van der Waals surface area contributed by atoms with Gasteiger partial charge in [0.25, 0.3) is 5.91 Å². The van der Waals surface area contributed by atoms with Gasteiger partial charge in [-0.25, -0.2) is 0 Å². The maximum atomic E-state index is 11.3. The highest BCUT2D eigenvalue weighted by Crippen LogP contribution is 2.29. The Labute approximate surface area is 118 Å². The molecular weight excluding hydrogens is 343 g/mol. The average Bonchev–Trinajstić information content (AvgIpc) is 2.34. The van der Waals surface area contributed by atoms with Crippen LogP contribution in [-0.2, 0) is 0 Å². The van der Waals surface area contributed by atoms with E-state index < -0.39 is 5.91 Å². The minimum atomic E-state index is -0.566. The number of amides is 1. The molecule has 0 atom stereocenters. The molecule has 0 aliphatic heterocycles. The minimum Gasteiger partial charge on any atom is -0.455 e. The molecule has 2 aromatic carbocycles. The van der Waals surface area contributed by atoms with Crippen molar-refractivity contribution in [1.29, 1.82) is 0 Å². The predicted molar refractivity (Wildman–Crippen MR) is 78.6 cm³/mol. The minimum absolute atomic E-state index is 0.273. The zero-order chi connectivity index (χ0) is 13.1. The maximum absolute atomic E-state index is 11.3. The molecule has 0 saturated carbocycles. The Kier molecular flexibility index (Phi) is 3.71. The number of hydrogen-bond donors (Lipinski definition) is 2. The van der Waals surface area contributed by atoms with Gasteiger partial charge in [-0.05, 0) is 52.9 Å². The topological polar surface area (TPSA) is 78.3 Å². The summed E-state index contributed by atoms with van der Waals surface area (Å²) < 4.78 is 6.64. The van der Waals surface area contributed by atoms with E-state index in [9.17, 15) is 4.79 Å². The second kappa shape index (κ2) is 5.26. The zero-order valence-corrected chi connectivity index (χ0v) is 11.5. The number of carbonyl (C=O) groups excluding carboxylic acids is 1. The quantitative estimate of drug-likeness (QED) is 0.657. The standard InChI is InChI=1S/C13H11IN2O2/c14-10-3-1-2-4-12(10)18-11-6-5-8(15)7-9(11)13(16)17/h1-7H,15H2,(H2,16,17). The van der Waals surface area contributed by atoms with Crippen LogP contribution < -0.4 is 16.2 Å². The van der Waals surface area contributed by atoms with Crippen molar-refractivity contribution in [3.63, 3.8) is 0 Å². The molecule has 0 fully saturated rings. The summed E-state index contributed by atoms with van der Waals surface area (Å²) in [5.41, 5.74) is 11.7. The van der Waals surface area contributed by atoms with Crippen LogP contribution in [0, 0.1) is 3.57 Å². The third-order valence-electron chi connectivity index (χ3n) is 2.33. The molecule has 0 aromatic heterocycles. The van der Waals surface area contributed by atoms with Gasteiger partial charge in [0, 0.05) is 5.69 Å². The number of nitrogens with two attached hydrogens (primary N) is 2. The average molecular weight is 354 g/mol. The van der Waals surface area contributed by atoms with Crippen molar-refractivity contribution in [2.75, 3.05) is 5.73 Å². The molecule has 0 aliphatic rings. The van der Waals surface area contributed by atoms with Crippen LogP contribution in [0.2, 0.25) is 0 Å². The summed E-state index contributed by atoms with van der Waals surface area (Å²) in [6, 6.07) is 12.3. The molecule has 0 radical (unpaired) electrons. The molecule has 1 amide bonds. The smallest absolute Gasteiger partial charge is 0.252 e. The van der Waals surface area contributed by atoms with E-state index in [1.807, 2.05) is 24.3 Å². The summed E-state index contributed by atoms with van der Waals surface area (Å²) in [5, 5.41) is 0. The Morgan fingerprint density at radius 3 is 2.50 bits per heavy atom. The van der Waals surface area contributed by atoms with Crippen LogP contribution in [0.15, 0.2) is 42.5 Å². The number of rotatable bonds is 3. The summed E-state index contributed by atoms with van der Waals surface area (Å²) >= 11 is 2.16. The zero-order valence-electron chi connectivity index (χ0n) is 9.39. The molecule has 2 rings (SSSR count). The van der Waals surface area contributed by atoms with Gasteiger partial charge in [0.2, 0.25) is 0 Å². The SMILES string of the molecule is NC(=O)c1cc(N)ccc1Oc1ccccc1I. The van der Waals surface area contributed by atoms with Gasteiger partial charge in [-0.2, -0.15) is 0 Å². The molecule has 0 saturated heterocycles. The molecule has 0 heterocycles. The molecule has 5 heteroatoms. The summed E-state index contributed by atoms with van der Waals surface area (Å²) in [6.07, 6.45) is 0. The van der Waals surface area contributed by atoms with Gasteiger partial charge in [-0.1, -0.05) is 12.1 Å². The molecule has 2 aromatic rings. The number of anilines is 1. The van der Waals surface area contributed by atoms with Crippen molar-refractivity contribution in [2.45, 2.75) is 0 Å². The lowest BCUT2D eigenvalue weighted by atomic mass is 10.1. The van der Waals surface area contributed by atoms with Gasteiger partial charge in [0.1, 0.15) is 11.5 Å². The van der Waals surface area contributed by atoms with Crippen LogP contribution in [0.3, 0.4) is 0 Å². The van der Waals surface area contributed by atoms with E-state index in [1.54, 1.807) is 12.1 Å². The van der Waals surface area contributed by atoms with Crippen molar-refractivity contribution in [1.82, 2.24) is 0 Å². The molecule has 4 nitrogen and oxygen atoms in total. The van der Waals surface area contributed by atoms with Crippen LogP contribution in [0.25, 0.3) is 0 Å². The van der Waals surface area contributed by atoms with E-state index in [-0.39, 0.29) is 5.56 Å². The molecule has 0 unspecified atom stereocenters. The second-order valence-corrected chi connectivity index (χ2v) is 4.81. The van der Waals surface area contributed by atoms with Gasteiger partial charge in [-0.15, -0.1) is 0 Å². The lowest BCUT2D eigenvalue weighted by molar-refractivity contribution is 0.0998. The van der Waals surface area contributed by atoms with Gasteiger partial charge in [0.15, 0.2) is 0 Å². The lowest BCUT2D eigenvalue weighted by Gasteiger charge is -2.11. The highest BCUT2D eigenvalue weighted by Gasteiger charge is 2.11. The van der Waals surface area contributed by atoms with E-state index in [0.717, 1.165) is 3.57 Å². The van der Waals surface area contributed by atoms with Gasteiger partial charge in [-0.3, -0.25) is 4.79 Å². The third kappa shape index (κ3) is 2.73. The fourth-order valence-corrected chi connectivity index (χ4v) is 1.97. The van der Waals surface area contributed by atoms with E-state index in [1.165, 1.54) is 6.07 Å². The van der Waals surface area contributed by atoms with Gasteiger partial charge in [0.05, 0.1) is 9.13 Å². The molecule has 4 N–H and O–H groups in total. The van der Waals surface area contributed by atoms with Crippen molar-refractivity contribution >= 4 is 34.2 Å². The van der Waals surface area contributed by atoms with Crippen LogP contribution in [0.1, 0.15) is 10.4 Å². The van der Waals surface area contributed by atoms with Crippen LogP contribution in [0.5, 0.6) is 11.5 Å². The normalized spacial score (nSPS) is 10.1. The highest BCUT2D eigenvalue weighted by atomic mass is 127. The molecule has 0 aliphatic carbocycles. The Morgan fingerprint density at radius 2 is 1.83 bits per heavy atom. The summed E-state index contributed by atoms with van der Waals surface area (Å²) in [6.45, 7) is 0. The third-order valence-corrected chi connectivity index (χ3v) is 3.22. The van der Waals surface area contributed by atoms with Crippen molar-refractivity contribution in [2.24, 2.45) is 5.73 Å². The molecule has 18 heavy (non-hydrogen) atoms. The number of benzene rings is 2. The molecule has 92 valence electrons. The van der Waals surface area contributed by atoms with Crippen molar-refractivity contribution < 1.29 is 9.53 Å². The predicted octanol–water partition coefficient (Wildman–Crippen LogP) is 2.76. The van der Waals surface area contributed by atoms with Crippen molar-refractivity contribution in [3.8, 4) is 11.5 Å². The molecular formula is C13H11IN2O2. The number of primary amides is 1. The van der Waals surface area contributed by atoms with E-state index in [2.05, 4.69) is 22.6 Å². The fourth-order valence-electron chi connectivity index (χ4n) is 1.48. The first-order valence-electron chi connectivity index (χ1n) is 5.19. The Balaban J connectivity index is 2.41. The lowest BCUT2D eigenvalue weighted by Crippen LogP contribution is -2.12. The largest absolute Gasteiger partial charge is 0.455 e. The van der Waals surface area contributed by atoms with E-state index >= 15 is 0 Å². The molecule has 0 spiro atoms. The summed E-state index contributed by atoms with van der Waals surface area (Å²) in [4.78, 5) is 11.3. The van der Waals surface area contributed by atoms with Crippen LogP contribution >= 0.6 is 22.6 Å². The van der Waals surface area contributed by atoms with Gasteiger partial charge < -0.3 is 16.2 Å². The number of nitrogen functional groups attached to an aromatic ring is 1. The molecule has 0 bridgehead atoms. The number of carbonyl (C=O) groups is 1. The first kappa shape index (κ1) is 12.7. The number of para-hydroxylation sites is 1. The van der Waals surface area contributed by atoms with E-state index in [0.29, 0.717) is 17.2 Å². The summed E-state index contributed by atoms with van der Waals surface area (Å²) in [5.74, 6) is 0.509. The van der Waals surface area contributed by atoms with Crippen LogP contribution in [-0.4, -0.2) is 5.91 Å². The number of halogens is 1. The van der Waals surface area contributed by atoms with Crippen LogP contribution in [0.4, 0.5) is 5.69 Å². The maximum Gasteiger partial charge on any atom is 0.252 e. The van der Waals surface area contributed by atoms with Gasteiger partial charge >= 0.3 is 0 Å². The fraction of sp³-hybridized carbons (Fsp3) is 0. The number of hydrogen-bond acceptors (Lipinski definition) is 3. The first-order valence-corrected chi connectivity index (χ1v) is 6.27. The van der Waals surface area contributed by atoms with Crippen molar-refractivity contribution in [3.05, 3.63) is 51.6 Å². The number of ether oxygens (including phenoxy) is 1. The first-order chi connectivity index (χ1) is 8.58. The Bertz CT molecular complexity index is 599. The van der Waals surface area contributed by atoms with E-state index in [4.69, 9.17) is 16.2 Å². The monoisotopic (exact) mass is 354 g/mol. The highest BCUT2D eigenvalue weighted by molar-refractivity contribution is 14.1. The Hall–Kier alpha value is -1.76.